The molecule has 3 rings (SSSR count). The molecular weight excluding hydrogens is 300 g/mol. The van der Waals surface area contributed by atoms with Crippen LogP contribution < -0.4 is 9.47 Å². The normalized spacial score (nSPS) is 12.7. The Balaban J connectivity index is 2.39. The minimum atomic E-state index is -0.599. The van der Waals surface area contributed by atoms with Crippen molar-refractivity contribution in [2.24, 2.45) is 0 Å². The second-order valence-electron chi connectivity index (χ2n) is 5.20. The van der Waals surface area contributed by atoms with Crippen LogP contribution in [0.4, 0.5) is 0 Å². The number of ether oxygens (including phenoxy) is 2. The molecule has 0 saturated carbocycles. The van der Waals surface area contributed by atoms with E-state index < -0.39 is 17.3 Å². The van der Waals surface area contributed by atoms with Gasteiger partial charge in [0.15, 0.2) is 28.8 Å². The van der Waals surface area contributed by atoms with Gasteiger partial charge < -0.3 is 19.7 Å². The van der Waals surface area contributed by atoms with Crippen molar-refractivity contribution in [3.63, 3.8) is 0 Å². The zero-order valence-electron chi connectivity index (χ0n) is 12.8. The number of rotatable bonds is 2. The number of phenolic OH excluding ortho intramolecular Hbond substituents is 2. The molecular formula is C17H14O6. The highest BCUT2D eigenvalue weighted by molar-refractivity contribution is 6.30. The van der Waals surface area contributed by atoms with E-state index in [0.717, 1.165) is 0 Å². The van der Waals surface area contributed by atoms with E-state index in [4.69, 9.17) is 9.47 Å². The zero-order valence-corrected chi connectivity index (χ0v) is 12.8. The number of methoxy groups -OCH3 is 2. The number of carbonyl (C=O) groups excluding carboxylic acids is 2. The largest absolute Gasteiger partial charge is 0.504 e. The smallest absolute Gasteiger partial charge is 0.202 e. The average Bonchev–Trinajstić information content (AvgIpc) is 2.54. The van der Waals surface area contributed by atoms with Crippen molar-refractivity contribution >= 4 is 11.6 Å². The lowest BCUT2D eigenvalue weighted by Crippen LogP contribution is -2.22. The fourth-order valence-corrected chi connectivity index (χ4v) is 2.81. The minimum Gasteiger partial charge on any atom is -0.504 e. The predicted octanol–water partition coefficient (Wildman–Crippen LogP) is 2.20. The van der Waals surface area contributed by atoms with Crippen molar-refractivity contribution in [1.29, 1.82) is 0 Å². The molecule has 0 aliphatic heterocycles. The molecule has 0 aromatic heterocycles. The lowest BCUT2D eigenvalue weighted by molar-refractivity contribution is 0.0973. The minimum absolute atomic E-state index is 0.0587. The second kappa shape index (κ2) is 5.01. The van der Waals surface area contributed by atoms with Crippen LogP contribution in [0.15, 0.2) is 18.2 Å². The molecule has 0 radical (unpaired) electrons. The third-order valence-electron chi connectivity index (χ3n) is 3.95. The summed E-state index contributed by atoms with van der Waals surface area (Å²) in [5.74, 6) is -1.63. The number of fused-ring (bicyclic) bond motifs is 2. The molecule has 0 atom stereocenters. The van der Waals surface area contributed by atoms with Gasteiger partial charge in [0.05, 0.1) is 25.3 Å². The summed E-state index contributed by atoms with van der Waals surface area (Å²) in [6.07, 6.45) is 0. The van der Waals surface area contributed by atoms with Crippen molar-refractivity contribution in [2.45, 2.75) is 6.92 Å². The van der Waals surface area contributed by atoms with Crippen molar-refractivity contribution in [3.05, 3.63) is 46.0 Å². The number of benzene rings is 2. The maximum absolute atomic E-state index is 12.8. The molecule has 0 amide bonds. The molecule has 0 saturated heterocycles. The molecule has 1 aliphatic carbocycles. The predicted molar refractivity (Wildman–Crippen MR) is 80.9 cm³/mol. The van der Waals surface area contributed by atoms with Crippen LogP contribution in [0, 0.1) is 6.92 Å². The molecule has 2 aromatic carbocycles. The highest BCUT2D eigenvalue weighted by atomic mass is 16.5. The van der Waals surface area contributed by atoms with Gasteiger partial charge >= 0.3 is 0 Å². The number of phenols is 2. The highest BCUT2D eigenvalue weighted by Crippen LogP contribution is 2.44. The van der Waals surface area contributed by atoms with E-state index in [0.29, 0.717) is 5.56 Å². The van der Waals surface area contributed by atoms with Crippen LogP contribution in [0.5, 0.6) is 23.0 Å². The number of aryl methyl sites for hydroxylation is 1. The maximum Gasteiger partial charge on any atom is 0.202 e. The quantitative estimate of drug-likeness (QED) is 0.753. The van der Waals surface area contributed by atoms with E-state index in [-0.39, 0.29) is 39.5 Å². The molecule has 118 valence electrons. The van der Waals surface area contributed by atoms with E-state index in [2.05, 4.69) is 0 Å². The third kappa shape index (κ3) is 1.88. The summed E-state index contributed by atoms with van der Waals surface area (Å²) in [6.45, 7) is 1.61. The third-order valence-corrected chi connectivity index (χ3v) is 3.95. The molecule has 0 fully saturated rings. The van der Waals surface area contributed by atoms with Gasteiger partial charge in [0.1, 0.15) is 0 Å². The molecule has 0 bridgehead atoms. The van der Waals surface area contributed by atoms with E-state index in [1.165, 1.54) is 32.4 Å². The molecule has 2 aromatic rings. The lowest BCUT2D eigenvalue weighted by atomic mass is 9.82. The Kier molecular flexibility index (Phi) is 3.25. The van der Waals surface area contributed by atoms with E-state index in [9.17, 15) is 19.8 Å². The summed E-state index contributed by atoms with van der Waals surface area (Å²) in [5, 5.41) is 20.3. The van der Waals surface area contributed by atoms with E-state index >= 15 is 0 Å². The first-order valence-corrected chi connectivity index (χ1v) is 6.82. The van der Waals surface area contributed by atoms with Crippen LogP contribution in [-0.2, 0) is 0 Å². The Hall–Kier alpha value is -3.02. The zero-order chi connectivity index (χ0) is 16.9. The van der Waals surface area contributed by atoms with Crippen molar-refractivity contribution in [3.8, 4) is 23.0 Å². The molecule has 6 heteroatoms. The fourth-order valence-electron chi connectivity index (χ4n) is 2.81. The lowest BCUT2D eigenvalue weighted by Gasteiger charge is -2.22. The molecule has 0 spiro atoms. The van der Waals surface area contributed by atoms with Gasteiger partial charge in [-0.05, 0) is 30.7 Å². The van der Waals surface area contributed by atoms with Gasteiger partial charge in [-0.25, -0.2) is 0 Å². The summed E-state index contributed by atoms with van der Waals surface area (Å²) >= 11 is 0. The van der Waals surface area contributed by atoms with Gasteiger partial charge in [-0.15, -0.1) is 0 Å². The number of aromatic hydroxyl groups is 2. The van der Waals surface area contributed by atoms with Gasteiger partial charge in [0.2, 0.25) is 5.78 Å². The highest BCUT2D eigenvalue weighted by Gasteiger charge is 2.37. The van der Waals surface area contributed by atoms with Crippen molar-refractivity contribution in [1.82, 2.24) is 0 Å². The van der Waals surface area contributed by atoms with Gasteiger partial charge in [-0.1, -0.05) is 0 Å². The molecule has 0 unspecified atom stereocenters. The summed E-state index contributed by atoms with van der Waals surface area (Å²) < 4.78 is 10.1. The van der Waals surface area contributed by atoms with Crippen LogP contribution in [0.3, 0.4) is 0 Å². The van der Waals surface area contributed by atoms with Crippen molar-refractivity contribution in [2.75, 3.05) is 14.2 Å². The fraction of sp³-hybridized carbons (Fsp3) is 0.176. The summed E-state index contributed by atoms with van der Waals surface area (Å²) in [5.41, 5.74) is 0.440. The standard InChI is InChI=1S/C17H14O6/c1-7-6-9-12(17(23-3)13(7)18)16(21)11-8(14(9)19)4-5-10(22-2)15(11)20/h4-6,18,20H,1-3H3. The summed E-state index contributed by atoms with van der Waals surface area (Å²) in [7, 11) is 2.65. The van der Waals surface area contributed by atoms with Crippen molar-refractivity contribution < 1.29 is 29.3 Å². The summed E-state index contributed by atoms with van der Waals surface area (Å²) in [4.78, 5) is 25.5. The van der Waals surface area contributed by atoms with Crippen LogP contribution in [0.1, 0.15) is 37.4 Å². The van der Waals surface area contributed by atoms with E-state index in [1.807, 2.05) is 0 Å². The average molecular weight is 314 g/mol. The molecule has 6 nitrogen and oxygen atoms in total. The Bertz CT molecular complexity index is 866. The molecule has 1 aliphatic rings. The first-order valence-electron chi connectivity index (χ1n) is 6.82. The molecule has 0 heterocycles. The van der Waals surface area contributed by atoms with Gasteiger partial charge in [0.25, 0.3) is 0 Å². The first kappa shape index (κ1) is 14.9. The number of hydrogen-bond donors (Lipinski definition) is 2. The number of hydrogen-bond acceptors (Lipinski definition) is 6. The Morgan fingerprint density at radius 2 is 1.57 bits per heavy atom. The SMILES string of the molecule is COc1ccc2c(c1O)C(=O)c1c(cc(C)c(O)c1OC)C2=O. The van der Waals surface area contributed by atoms with Crippen LogP contribution in [0.2, 0.25) is 0 Å². The second-order valence-corrected chi connectivity index (χ2v) is 5.20. The van der Waals surface area contributed by atoms with Crippen LogP contribution in [0.25, 0.3) is 0 Å². The Labute approximate surface area is 131 Å². The van der Waals surface area contributed by atoms with Gasteiger partial charge in [0, 0.05) is 11.1 Å². The molecule has 23 heavy (non-hydrogen) atoms. The van der Waals surface area contributed by atoms with Gasteiger partial charge in [-0.2, -0.15) is 0 Å². The topological polar surface area (TPSA) is 93.1 Å². The molecule has 2 N–H and O–H groups in total. The van der Waals surface area contributed by atoms with Gasteiger partial charge in [-0.3, -0.25) is 9.59 Å². The Morgan fingerprint density at radius 1 is 0.870 bits per heavy atom. The van der Waals surface area contributed by atoms with Crippen LogP contribution >= 0.6 is 0 Å². The Morgan fingerprint density at radius 3 is 2.17 bits per heavy atom. The monoisotopic (exact) mass is 314 g/mol. The van der Waals surface area contributed by atoms with Crippen LogP contribution in [-0.4, -0.2) is 36.0 Å². The number of carbonyl (C=O) groups is 2. The first-order chi connectivity index (χ1) is 10.9. The summed E-state index contributed by atoms with van der Waals surface area (Å²) in [6, 6.07) is 4.30. The maximum atomic E-state index is 12.8. The number of ketones is 2. The van der Waals surface area contributed by atoms with E-state index in [1.54, 1.807) is 6.92 Å².